The molecule has 2 rings (SSSR count). The van der Waals surface area contributed by atoms with Gasteiger partial charge in [-0.05, 0) is 0 Å². The fourth-order valence-electron chi connectivity index (χ4n) is 1.45. The minimum absolute atomic E-state index is 0.131. The molecule has 0 saturated carbocycles. The molecule has 0 fully saturated rings. The summed E-state index contributed by atoms with van der Waals surface area (Å²) in [7, 11) is 1.38. The van der Waals surface area contributed by atoms with Crippen LogP contribution >= 0.6 is 0 Å². The van der Waals surface area contributed by atoms with Crippen LogP contribution in [0, 0.1) is 0 Å². The molecule has 0 bridgehead atoms. The number of ether oxygens (including phenoxy) is 1. The summed E-state index contributed by atoms with van der Waals surface area (Å²) in [4.78, 5) is 22.1. The molecule has 0 radical (unpaired) electrons. The molecule has 0 aliphatic heterocycles. The van der Waals surface area contributed by atoms with Gasteiger partial charge in [-0.3, -0.25) is 9.59 Å². The molecule has 0 unspecified atom stereocenters. The highest BCUT2D eigenvalue weighted by Gasteiger charge is 2.20. The third-order valence-corrected chi connectivity index (χ3v) is 2.27. The van der Waals surface area contributed by atoms with E-state index in [0.717, 1.165) is 5.56 Å². The van der Waals surface area contributed by atoms with Crippen molar-refractivity contribution < 1.29 is 4.74 Å². The van der Waals surface area contributed by atoms with Crippen LogP contribution in [-0.4, -0.2) is 7.11 Å². The van der Waals surface area contributed by atoms with Crippen molar-refractivity contribution in [2.75, 3.05) is 12.4 Å². The summed E-state index contributed by atoms with van der Waals surface area (Å²) in [6, 6.07) is 7.70. The lowest BCUT2D eigenvalue weighted by atomic mass is 10.2. The average Bonchev–Trinajstić information content (AvgIpc) is 2.75. The van der Waals surface area contributed by atoms with Gasteiger partial charge in [0.2, 0.25) is 0 Å². The molecule has 15 heavy (non-hydrogen) atoms. The van der Waals surface area contributed by atoms with Crippen molar-refractivity contribution in [1.29, 1.82) is 0 Å². The standard InChI is InChI=1S/C11H10NO3/c1-15-11-8(9(13)10(11)14)12-6-7-4-2-3-5-7/h2-5,12H,6H2,1H3/q-1. The van der Waals surface area contributed by atoms with E-state index in [1.807, 2.05) is 24.3 Å². The van der Waals surface area contributed by atoms with Gasteiger partial charge in [-0.1, -0.05) is 0 Å². The molecule has 2 aromatic rings. The zero-order valence-electron chi connectivity index (χ0n) is 8.24. The van der Waals surface area contributed by atoms with Gasteiger partial charge in [-0.2, -0.15) is 12.1 Å². The third-order valence-electron chi connectivity index (χ3n) is 2.27. The highest BCUT2D eigenvalue weighted by Crippen LogP contribution is 2.17. The molecular weight excluding hydrogens is 194 g/mol. The van der Waals surface area contributed by atoms with Crippen molar-refractivity contribution in [3.05, 3.63) is 50.3 Å². The monoisotopic (exact) mass is 204 g/mol. The molecule has 1 N–H and O–H groups in total. The summed E-state index contributed by atoms with van der Waals surface area (Å²) in [6.07, 6.45) is 0. The molecule has 0 aliphatic rings. The van der Waals surface area contributed by atoms with Crippen molar-refractivity contribution in [1.82, 2.24) is 0 Å². The molecule has 78 valence electrons. The van der Waals surface area contributed by atoms with Gasteiger partial charge in [0.05, 0.1) is 7.11 Å². The normalized spacial score (nSPS) is 10.5. The average molecular weight is 204 g/mol. The van der Waals surface area contributed by atoms with E-state index in [-0.39, 0.29) is 11.4 Å². The lowest BCUT2D eigenvalue weighted by Gasteiger charge is -2.12. The van der Waals surface area contributed by atoms with Crippen LogP contribution in [0.4, 0.5) is 5.69 Å². The molecule has 0 amide bonds. The second-order valence-electron chi connectivity index (χ2n) is 3.21. The summed E-state index contributed by atoms with van der Waals surface area (Å²) < 4.78 is 4.80. The molecule has 0 saturated heterocycles. The SMILES string of the molecule is COc1c(NCc2ccc[cH-]2)c(=O)c1=O. The van der Waals surface area contributed by atoms with E-state index < -0.39 is 10.9 Å². The summed E-state index contributed by atoms with van der Waals surface area (Å²) in [5.74, 6) is 0.131. The molecule has 2 aromatic carbocycles. The van der Waals surface area contributed by atoms with E-state index in [1.165, 1.54) is 7.11 Å². The fraction of sp³-hybridized carbons (Fsp3) is 0.182. The minimum Gasteiger partial charge on any atom is -0.491 e. The molecular formula is C11H10NO3-. The topological polar surface area (TPSA) is 55.4 Å². The zero-order valence-corrected chi connectivity index (χ0v) is 8.24. The summed E-state index contributed by atoms with van der Waals surface area (Å²) >= 11 is 0. The number of nitrogens with one attached hydrogen (secondary N) is 1. The van der Waals surface area contributed by atoms with Crippen molar-refractivity contribution >= 4 is 5.69 Å². The first-order valence-corrected chi connectivity index (χ1v) is 4.56. The Morgan fingerprint density at radius 3 is 2.80 bits per heavy atom. The molecule has 0 atom stereocenters. The van der Waals surface area contributed by atoms with Crippen LogP contribution in [0.15, 0.2) is 33.9 Å². The second-order valence-corrected chi connectivity index (χ2v) is 3.21. The van der Waals surface area contributed by atoms with Gasteiger partial charge in [-0.25, -0.2) is 12.1 Å². The van der Waals surface area contributed by atoms with Crippen molar-refractivity contribution in [2.45, 2.75) is 6.54 Å². The third kappa shape index (κ3) is 1.54. The van der Waals surface area contributed by atoms with Crippen molar-refractivity contribution in [3.63, 3.8) is 0 Å². The number of anilines is 1. The zero-order chi connectivity index (χ0) is 10.8. The second kappa shape index (κ2) is 3.65. The summed E-state index contributed by atoms with van der Waals surface area (Å²) in [5, 5.41) is 2.89. The first-order valence-electron chi connectivity index (χ1n) is 4.56. The minimum atomic E-state index is -0.553. The predicted molar refractivity (Wildman–Crippen MR) is 57.3 cm³/mol. The quantitative estimate of drug-likeness (QED) is 0.586. The molecule has 0 aliphatic carbocycles. The number of hydrogen-bond donors (Lipinski definition) is 1. The summed E-state index contributed by atoms with van der Waals surface area (Å²) in [5.41, 5.74) is 0.287. The lowest BCUT2D eigenvalue weighted by molar-refractivity contribution is 0.407. The van der Waals surface area contributed by atoms with Crippen LogP contribution in [0.5, 0.6) is 5.75 Å². The molecule has 0 heterocycles. The van der Waals surface area contributed by atoms with Crippen LogP contribution in [0.3, 0.4) is 0 Å². The maximum atomic E-state index is 11.1. The van der Waals surface area contributed by atoms with Crippen LogP contribution in [0.25, 0.3) is 0 Å². The van der Waals surface area contributed by atoms with Crippen LogP contribution in [-0.2, 0) is 6.54 Å². The Hall–Kier alpha value is -1.97. The maximum Gasteiger partial charge on any atom is 0.271 e. The van der Waals surface area contributed by atoms with Crippen LogP contribution in [0.1, 0.15) is 5.56 Å². The van der Waals surface area contributed by atoms with Crippen LogP contribution in [0.2, 0.25) is 0 Å². The van der Waals surface area contributed by atoms with E-state index in [0.29, 0.717) is 6.54 Å². The Morgan fingerprint density at radius 2 is 2.20 bits per heavy atom. The molecule has 4 nitrogen and oxygen atoms in total. The summed E-state index contributed by atoms with van der Waals surface area (Å²) in [6.45, 7) is 0.522. The Bertz CT molecular complexity index is 518. The number of rotatable bonds is 4. The maximum absolute atomic E-state index is 11.1. The molecule has 0 aromatic heterocycles. The van der Waals surface area contributed by atoms with Gasteiger partial charge in [0.1, 0.15) is 5.69 Å². The highest BCUT2D eigenvalue weighted by atomic mass is 16.5. The lowest BCUT2D eigenvalue weighted by Crippen LogP contribution is -2.35. The van der Waals surface area contributed by atoms with Gasteiger partial charge >= 0.3 is 0 Å². The van der Waals surface area contributed by atoms with E-state index >= 15 is 0 Å². The van der Waals surface area contributed by atoms with Crippen molar-refractivity contribution in [2.24, 2.45) is 0 Å². The van der Waals surface area contributed by atoms with Gasteiger partial charge < -0.3 is 10.1 Å². The van der Waals surface area contributed by atoms with Gasteiger partial charge in [0, 0.05) is 6.54 Å². The van der Waals surface area contributed by atoms with E-state index in [4.69, 9.17) is 4.74 Å². The largest absolute Gasteiger partial charge is 0.491 e. The van der Waals surface area contributed by atoms with E-state index in [2.05, 4.69) is 5.32 Å². The predicted octanol–water partition coefficient (Wildman–Crippen LogP) is 0.622. The van der Waals surface area contributed by atoms with E-state index in [9.17, 15) is 9.59 Å². The fourth-order valence-corrected chi connectivity index (χ4v) is 1.45. The van der Waals surface area contributed by atoms with E-state index in [1.54, 1.807) is 0 Å². The Morgan fingerprint density at radius 1 is 1.40 bits per heavy atom. The molecule has 0 spiro atoms. The number of methoxy groups -OCH3 is 1. The van der Waals surface area contributed by atoms with Crippen molar-refractivity contribution in [3.8, 4) is 5.75 Å². The Balaban J connectivity index is 2.09. The first-order chi connectivity index (χ1) is 7.24. The van der Waals surface area contributed by atoms with Gasteiger partial charge in [0.25, 0.3) is 10.9 Å². The first kappa shape index (κ1) is 9.58. The Labute approximate surface area is 86.2 Å². The van der Waals surface area contributed by atoms with Gasteiger partial charge in [0.15, 0.2) is 5.75 Å². The highest BCUT2D eigenvalue weighted by molar-refractivity contribution is 5.61. The molecule has 4 heteroatoms. The van der Waals surface area contributed by atoms with Crippen LogP contribution < -0.4 is 20.9 Å². The Kier molecular flexibility index (Phi) is 2.33. The number of hydrogen-bond acceptors (Lipinski definition) is 4. The smallest absolute Gasteiger partial charge is 0.271 e. The van der Waals surface area contributed by atoms with Gasteiger partial charge in [-0.15, -0.1) is 5.56 Å².